The molecular weight excluding hydrogens is 331 g/mol. The normalized spacial score (nSPS) is 11.0. The average molecular weight is 340 g/mol. The smallest absolute Gasteiger partial charge is 0.305 e. The van der Waals surface area contributed by atoms with E-state index < -0.39 is 16.4 Å². The number of furan rings is 1. The number of rotatable bonds is 3. The van der Waals surface area contributed by atoms with Crippen LogP contribution in [0.5, 0.6) is 0 Å². The van der Waals surface area contributed by atoms with Gasteiger partial charge in [0.05, 0.1) is 15.1 Å². The largest absolute Gasteiger partial charge is 0.454 e. The second kappa shape index (κ2) is 5.54. The van der Waals surface area contributed by atoms with Gasteiger partial charge in [0.1, 0.15) is 5.76 Å². The van der Waals surface area contributed by atoms with Crippen LogP contribution in [0.4, 0.5) is 10.1 Å². The van der Waals surface area contributed by atoms with Gasteiger partial charge in [0, 0.05) is 11.6 Å². The van der Waals surface area contributed by atoms with Crippen LogP contribution in [0.1, 0.15) is 0 Å². The van der Waals surface area contributed by atoms with Crippen LogP contribution in [0.2, 0.25) is 0 Å². The standard InChI is InChI=1S/C17H9FN2O3S/c18-11-6-5-10(9-13(11)20(21)22)14-7-8-15(23-14)17-19-12-3-1-2-4-16(12)24-17/h1-9H. The highest BCUT2D eigenvalue weighted by Crippen LogP contribution is 2.34. The first-order chi connectivity index (χ1) is 11.6. The second-order valence-electron chi connectivity index (χ2n) is 5.07. The highest BCUT2D eigenvalue weighted by molar-refractivity contribution is 7.21. The lowest BCUT2D eigenvalue weighted by molar-refractivity contribution is -0.387. The van der Waals surface area contributed by atoms with E-state index in [4.69, 9.17) is 4.42 Å². The number of nitrogens with zero attached hydrogens (tertiary/aromatic N) is 2. The van der Waals surface area contributed by atoms with Crippen LogP contribution in [0.3, 0.4) is 0 Å². The van der Waals surface area contributed by atoms with Crippen LogP contribution in [-0.4, -0.2) is 9.91 Å². The summed E-state index contributed by atoms with van der Waals surface area (Å²) in [5, 5.41) is 11.6. The summed E-state index contributed by atoms with van der Waals surface area (Å²) in [6.45, 7) is 0. The van der Waals surface area contributed by atoms with E-state index in [2.05, 4.69) is 4.98 Å². The van der Waals surface area contributed by atoms with Gasteiger partial charge in [-0.15, -0.1) is 11.3 Å². The molecule has 0 atom stereocenters. The zero-order chi connectivity index (χ0) is 16.7. The summed E-state index contributed by atoms with van der Waals surface area (Å²) >= 11 is 1.50. The molecule has 2 aromatic heterocycles. The molecule has 0 saturated heterocycles. The van der Waals surface area contributed by atoms with Gasteiger partial charge in [-0.1, -0.05) is 12.1 Å². The summed E-state index contributed by atoms with van der Waals surface area (Å²) in [5.41, 5.74) is 0.744. The molecule has 0 aliphatic rings. The Hall–Kier alpha value is -3.06. The number of para-hydroxylation sites is 1. The van der Waals surface area contributed by atoms with Crippen molar-refractivity contribution < 1.29 is 13.7 Å². The molecule has 7 heteroatoms. The molecule has 0 N–H and O–H groups in total. The predicted molar refractivity (Wildman–Crippen MR) is 89.4 cm³/mol. The molecule has 2 aromatic carbocycles. The number of hydrogen-bond acceptors (Lipinski definition) is 5. The number of benzene rings is 2. The van der Waals surface area contributed by atoms with Gasteiger partial charge in [-0.25, -0.2) is 4.98 Å². The third kappa shape index (κ3) is 2.44. The van der Waals surface area contributed by atoms with Crippen LogP contribution in [0.25, 0.3) is 32.3 Å². The molecule has 118 valence electrons. The third-order valence-electron chi connectivity index (χ3n) is 3.54. The Bertz CT molecular complexity index is 1040. The van der Waals surface area contributed by atoms with Crippen molar-refractivity contribution in [2.75, 3.05) is 0 Å². The summed E-state index contributed by atoms with van der Waals surface area (Å²) in [5.74, 6) is 0.118. The first kappa shape index (κ1) is 14.5. The van der Waals surface area contributed by atoms with Gasteiger partial charge in [-0.3, -0.25) is 10.1 Å². The Morgan fingerprint density at radius 2 is 1.88 bits per heavy atom. The van der Waals surface area contributed by atoms with Crippen LogP contribution in [-0.2, 0) is 0 Å². The van der Waals surface area contributed by atoms with Crippen molar-refractivity contribution in [1.82, 2.24) is 4.98 Å². The number of hydrogen-bond donors (Lipinski definition) is 0. The van der Waals surface area contributed by atoms with E-state index in [9.17, 15) is 14.5 Å². The Kier molecular flexibility index (Phi) is 3.35. The fraction of sp³-hybridized carbons (Fsp3) is 0. The van der Waals surface area contributed by atoms with Gasteiger partial charge in [-0.2, -0.15) is 4.39 Å². The minimum absolute atomic E-state index is 0.423. The number of nitro groups is 1. The average Bonchev–Trinajstić information content (AvgIpc) is 3.21. The van der Waals surface area contributed by atoms with Gasteiger partial charge in [0.25, 0.3) is 0 Å². The minimum atomic E-state index is -0.873. The molecule has 4 rings (SSSR count). The van der Waals surface area contributed by atoms with Gasteiger partial charge < -0.3 is 4.42 Å². The topological polar surface area (TPSA) is 69.2 Å². The van der Waals surface area contributed by atoms with E-state index in [0.29, 0.717) is 17.1 Å². The maximum atomic E-state index is 13.4. The van der Waals surface area contributed by atoms with Crippen molar-refractivity contribution in [3.8, 4) is 22.1 Å². The van der Waals surface area contributed by atoms with E-state index in [1.807, 2.05) is 24.3 Å². The molecular formula is C17H9FN2O3S. The van der Waals surface area contributed by atoms with Crippen molar-refractivity contribution in [3.63, 3.8) is 0 Å². The fourth-order valence-electron chi connectivity index (χ4n) is 2.39. The molecule has 0 aliphatic carbocycles. The molecule has 0 radical (unpaired) electrons. The van der Waals surface area contributed by atoms with E-state index in [-0.39, 0.29) is 0 Å². The number of aromatic nitrogens is 1. The quantitative estimate of drug-likeness (QED) is 0.376. The maximum absolute atomic E-state index is 13.4. The molecule has 0 saturated carbocycles. The zero-order valence-corrected chi connectivity index (χ0v) is 12.9. The molecule has 0 spiro atoms. The van der Waals surface area contributed by atoms with Gasteiger partial charge in [0.2, 0.25) is 5.82 Å². The van der Waals surface area contributed by atoms with Gasteiger partial charge >= 0.3 is 5.69 Å². The Labute approximate surface area is 139 Å². The first-order valence-electron chi connectivity index (χ1n) is 7.02. The molecule has 5 nitrogen and oxygen atoms in total. The summed E-state index contributed by atoms with van der Waals surface area (Å²) in [6.07, 6.45) is 0. The number of nitro benzene ring substituents is 1. The molecule has 24 heavy (non-hydrogen) atoms. The monoisotopic (exact) mass is 340 g/mol. The zero-order valence-electron chi connectivity index (χ0n) is 12.1. The van der Waals surface area contributed by atoms with Crippen molar-refractivity contribution >= 4 is 27.2 Å². The fourth-order valence-corrected chi connectivity index (χ4v) is 3.32. The van der Waals surface area contributed by atoms with Gasteiger partial charge in [0.15, 0.2) is 10.8 Å². The van der Waals surface area contributed by atoms with Crippen LogP contribution >= 0.6 is 11.3 Å². The first-order valence-corrected chi connectivity index (χ1v) is 7.83. The van der Waals surface area contributed by atoms with Gasteiger partial charge in [-0.05, 0) is 36.4 Å². The number of fused-ring (bicyclic) bond motifs is 1. The van der Waals surface area contributed by atoms with Crippen LogP contribution < -0.4 is 0 Å². The van der Waals surface area contributed by atoms with E-state index in [1.54, 1.807) is 12.1 Å². The third-order valence-corrected chi connectivity index (χ3v) is 4.59. The Morgan fingerprint density at radius 1 is 1.08 bits per heavy atom. The Balaban J connectivity index is 1.75. The Morgan fingerprint density at radius 3 is 2.67 bits per heavy atom. The minimum Gasteiger partial charge on any atom is -0.454 e. The summed E-state index contributed by atoms with van der Waals surface area (Å²) in [4.78, 5) is 14.6. The SMILES string of the molecule is O=[N+]([O-])c1cc(-c2ccc(-c3nc4ccccc4s3)o2)ccc1F. The molecule has 2 heterocycles. The molecule has 0 aliphatic heterocycles. The lowest BCUT2D eigenvalue weighted by atomic mass is 10.1. The van der Waals surface area contributed by atoms with Crippen molar-refractivity contribution in [3.05, 3.63) is 70.5 Å². The lowest BCUT2D eigenvalue weighted by Gasteiger charge is -1.98. The van der Waals surface area contributed by atoms with Crippen molar-refractivity contribution in [1.29, 1.82) is 0 Å². The number of thiazole rings is 1. The maximum Gasteiger partial charge on any atom is 0.305 e. The molecule has 0 amide bonds. The van der Waals surface area contributed by atoms with Crippen molar-refractivity contribution in [2.24, 2.45) is 0 Å². The summed E-state index contributed by atoms with van der Waals surface area (Å²) in [7, 11) is 0. The van der Waals surface area contributed by atoms with E-state index in [1.165, 1.54) is 17.4 Å². The molecule has 4 aromatic rings. The van der Waals surface area contributed by atoms with Crippen LogP contribution in [0, 0.1) is 15.9 Å². The van der Waals surface area contributed by atoms with E-state index >= 15 is 0 Å². The lowest BCUT2D eigenvalue weighted by Crippen LogP contribution is -1.92. The molecule has 0 bridgehead atoms. The molecule has 0 unspecified atom stereocenters. The van der Waals surface area contributed by atoms with Crippen LogP contribution in [0.15, 0.2) is 59.0 Å². The second-order valence-corrected chi connectivity index (χ2v) is 6.10. The van der Waals surface area contributed by atoms with Crippen molar-refractivity contribution in [2.45, 2.75) is 0 Å². The summed E-state index contributed by atoms with van der Waals surface area (Å²) in [6, 6.07) is 14.9. The highest BCUT2D eigenvalue weighted by Gasteiger charge is 2.17. The summed E-state index contributed by atoms with van der Waals surface area (Å²) < 4.78 is 20.3. The molecule has 0 fully saturated rings. The highest BCUT2D eigenvalue weighted by atomic mass is 32.1. The van der Waals surface area contributed by atoms with E-state index in [0.717, 1.165) is 27.4 Å². The predicted octanol–water partition coefficient (Wildman–Crippen LogP) is 5.27. The number of halogens is 1.